The summed E-state index contributed by atoms with van der Waals surface area (Å²) in [5.74, 6) is 1.94. The van der Waals surface area contributed by atoms with Crippen LogP contribution in [0.15, 0.2) is 0 Å². The van der Waals surface area contributed by atoms with Crippen molar-refractivity contribution in [3.05, 3.63) is 0 Å². The van der Waals surface area contributed by atoms with E-state index < -0.39 is 0 Å². The molecule has 3 aliphatic heterocycles. The molecule has 0 aromatic carbocycles. The van der Waals surface area contributed by atoms with E-state index in [4.69, 9.17) is 0 Å². The summed E-state index contributed by atoms with van der Waals surface area (Å²) in [6.07, 6.45) is 2.51. The zero-order valence-electron chi connectivity index (χ0n) is 20.0. The molecule has 0 aromatic rings. The number of carbonyl (C=O) groups excluding carboxylic acids is 4. The van der Waals surface area contributed by atoms with Gasteiger partial charge in [0.2, 0.25) is 5.91 Å². The summed E-state index contributed by atoms with van der Waals surface area (Å²) in [6, 6.07) is 0.436. The van der Waals surface area contributed by atoms with Gasteiger partial charge in [-0.05, 0) is 12.3 Å². The highest BCUT2D eigenvalue weighted by molar-refractivity contribution is 8.00. The van der Waals surface area contributed by atoms with Crippen LogP contribution in [0.2, 0.25) is 0 Å². The smallest absolute Gasteiger partial charge is 0.315 e. The largest absolute Gasteiger partial charge is 0.353 e. The molecule has 0 aliphatic carbocycles. The van der Waals surface area contributed by atoms with Crippen molar-refractivity contribution in [2.45, 2.75) is 97.5 Å². The molecule has 5 atom stereocenters. The fourth-order valence-corrected chi connectivity index (χ4v) is 5.40. The highest BCUT2D eigenvalue weighted by Crippen LogP contribution is 2.34. The molecule has 4 unspecified atom stereocenters. The molecule has 8 heteroatoms. The molecular formula is C23H39N3O4S. The SMILES string of the molecule is CC(C)(C)C(=O)CC1SCC2NC(=O)NC21.CC1CC(=O)N[C@H]1CCC(=O)C(C)(C)C. The average molecular weight is 454 g/mol. The highest BCUT2D eigenvalue weighted by Gasteiger charge is 2.44. The predicted molar refractivity (Wildman–Crippen MR) is 124 cm³/mol. The number of nitrogens with one attached hydrogen (secondary N) is 3. The first-order valence-corrected chi connectivity index (χ1v) is 12.3. The van der Waals surface area contributed by atoms with Gasteiger partial charge in [-0.1, -0.05) is 48.5 Å². The highest BCUT2D eigenvalue weighted by atomic mass is 32.2. The van der Waals surface area contributed by atoms with E-state index in [9.17, 15) is 19.2 Å². The maximum Gasteiger partial charge on any atom is 0.315 e. The van der Waals surface area contributed by atoms with Gasteiger partial charge in [-0.3, -0.25) is 14.4 Å². The van der Waals surface area contributed by atoms with Crippen LogP contribution in [0.1, 0.15) is 74.1 Å². The van der Waals surface area contributed by atoms with Crippen LogP contribution < -0.4 is 16.0 Å². The van der Waals surface area contributed by atoms with Gasteiger partial charge < -0.3 is 16.0 Å². The molecule has 0 bridgehead atoms. The minimum atomic E-state index is -0.283. The summed E-state index contributed by atoms with van der Waals surface area (Å²) in [5, 5.41) is 8.93. The van der Waals surface area contributed by atoms with Crippen molar-refractivity contribution in [1.82, 2.24) is 16.0 Å². The Morgan fingerprint density at radius 3 is 2.10 bits per heavy atom. The minimum absolute atomic E-state index is 0.0940. The van der Waals surface area contributed by atoms with Crippen LogP contribution in [-0.4, -0.2) is 52.6 Å². The fourth-order valence-electron chi connectivity index (χ4n) is 3.92. The van der Waals surface area contributed by atoms with Crippen LogP contribution in [0.25, 0.3) is 0 Å². The summed E-state index contributed by atoms with van der Waals surface area (Å²) in [5.41, 5.74) is -0.541. The Labute approximate surface area is 190 Å². The standard InChI is InChI=1S/C12H21NO2.C11H18N2O2S/c1-8-7-11(15)13-9(8)5-6-10(14)12(2,3)4;1-11(2,3)8(14)4-7-9-6(5-16-7)12-10(15)13-9/h8-9H,5-7H2,1-4H3,(H,13,15);6-7,9H,4-5H2,1-3H3,(H2,12,13,15)/t8?,9-;/m0./s1. The number of Topliss-reactive ketones (excluding diaryl/α,β-unsaturated/α-hetero) is 2. The maximum absolute atomic E-state index is 11.9. The lowest BCUT2D eigenvalue weighted by Crippen LogP contribution is -2.39. The molecular weight excluding hydrogens is 414 g/mol. The van der Waals surface area contributed by atoms with Crippen molar-refractivity contribution in [3.8, 4) is 0 Å². The second kappa shape index (κ2) is 9.92. The Morgan fingerprint density at radius 1 is 0.968 bits per heavy atom. The van der Waals surface area contributed by atoms with Gasteiger partial charge in [0.05, 0.1) is 12.1 Å². The molecule has 3 N–H and O–H groups in total. The molecule has 0 aromatic heterocycles. The van der Waals surface area contributed by atoms with Gasteiger partial charge in [0.15, 0.2) is 0 Å². The Hall–Kier alpha value is -1.57. The topological polar surface area (TPSA) is 104 Å². The van der Waals surface area contributed by atoms with Crippen molar-refractivity contribution < 1.29 is 19.2 Å². The molecule has 7 nitrogen and oxygen atoms in total. The number of urea groups is 1. The Morgan fingerprint density at radius 2 is 1.58 bits per heavy atom. The number of hydrogen-bond donors (Lipinski definition) is 3. The molecule has 31 heavy (non-hydrogen) atoms. The van der Waals surface area contributed by atoms with Crippen LogP contribution in [0.4, 0.5) is 4.79 Å². The number of ketones is 2. The number of carbonyl (C=O) groups is 4. The lowest BCUT2D eigenvalue weighted by atomic mass is 9.86. The van der Waals surface area contributed by atoms with E-state index in [1.54, 1.807) is 11.8 Å². The summed E-state index contributed by atoms with van der Waals surface area (Å²) >= 11 is 1.78. The lowest BCUT2D eigenvalue weighted by Gasteiger charge is -2.21. The molecule has 3 saturated heterocycles. The zero-order valence-corrected chi connectivity index (χ0v) is 20.8. The van der Waals surface area contributed by atoms with Gasteiger partial charge in [0.25, 0.3) is 0 Å². The zero-order chi connectivity index (χ0) is 23.6. The monoisotopic (exact) mass is 453 g/mol. The first kappa shape index (κ1) is 25.7. The first-order valence-electron chi connectivity index (χ1n) is 11.2. The van der Waals surface area contributed by atoms with Gasteiger partial charge in [0, 0.05) is 47.1 Å². The van der Waals surface area contributed by atoms with Crippen molar-refractivity contribution in [2.75, 3.05) is 5.75 Å². The molecule has 3 aliphatic rings. The van der Waals surface area contributed by atoms with Gasteiger partial charge >= 0.3 is 6.03 Å². The molecule has 0 spiro atoms. The number of rotatable bonds is 5. The van der Waals surface area contributed by atoms with E-state index in [0.29, 0.717) is 25.2 Å². The predicted octanol–water partition coefficient (Wildman–Crippen LogP) is 3.06. The van der Waals surface area contributed by atoms with Crippen molar-refractivity contribution in [1.29, 1.82) is 0 Å². The summed E-state index contributed by atoms with van der Waals surface area (Å²) in [6.45, 7) is 13.7. The van der Waals surface area contributed by atoms with Gasteiger partial charge in [-0.25, -0.2) is 4.79 Å². The quantitative estimate of drug-likeness (QED) is 0.555. The van der Waals surface area contributed by atoms with E-state index in [1.807, 2.05) is 41.5 Å². The maximum atomic E-state index is 11.9. The number of hydrogen-bond acceptors (Lipinski definition) is 5. The van der Waals surface area contributed by atoms with Gasteiger partial charge in [0.1, 0.15) is 11.6 Å². The Kier molecular flexibility index (Phi) is 8.22. The normalized spacial score (nSPS) is 30.0. The van der Waals surface area contributed by atoms with E-state index >= 15 is 0 Å². The Balaban J connectivity index is 0.000000221. The van der Waals surface area contributed by atoms with Crippen molar-refractivity contribution in [3.63, 3.8) is 0 Å². The molecule has 176 valence electrons. The average Bonchev–Trinajstić information content (AvgIpc) is 3.26. The second-order valence-electron chi connectivity index (χ2n) is 11.1. The van der Waals surface area contributed by atoms with Gasteiger partial charge in [-0.15, -0.1) is 0 Å². The lowest BCUT2D eigenvalue weighted by molar-refractivity contribution is -0.127. The summed E-state index contributed by atoms with van der Waals surface area (Å²) in [7, 11) is 0. The number of fused-ring (bicyclic) bond motifs is 1. The summed E-state index contributed by atoms with van der Waals surface area (Å²) in [4.78, 5) is 45.9. The van der Waals surface area contributed by atoms with Crippen molar-refractivity contribution >= 4 is 35.3 Å². The minimum Gasteiger partial charge on any atom is -0.353 e. The summed E-state index contributed by atoms with van der Waals surface area (Å²) < 4.78 is 0. The molecule has 3 fully saturated rings. The molecule has 0 radical (unpaired) electrons. The second-order valence-corrected chi connectivity index (χ2v) is 12.3. The van der Waals surface area contributed by atoms with Gasteiger partial charge in [-0.2, -0.15) is 11.8 Å². The van der Waals surface area contributed by atoms with E-state index in [-0.39, 0.29) is 57.7 Å². The third-order valence-electron chi connectivity index (χ3n) is 6.22. The first-order chi connectivity index (χ1) is 14.2. The molecule has 3 heterocycles. The third kappa shape index (κ3) is 7.22. The van der Waals surface area contributed by atoms with Crippen molar-refractivity contribution in [2.24, 2.45) is 16.7 Å². The van der Waals surface area contributed by atoms with Crippen LogP contribution >= 0.6 is 11.8 Å². The number of thioether (sulfide) groups is 1. The fraction of sp³-hybridized carbons (Fsp3) is 0.826. The Bertz CT molecular complexity index is 711. The van der Waals surface area contributed by atoms with E-state index in [2.05, 4.69) is 22.9 Å². The van der Waals surface area contributed by atoms with Crippen LogP contribution in [0.3, 0.4) is 0 Å². The molecule has 0 saturated carbocycles. The van der Waals surface area contributed by atoms with Crippen LogP contribution in [-0.2, 0) is 14.4 Å². The molecule has 3 amide bonds. The third-order valence-corrected chi connectivity index (χ3v) is 7.66. The van der Waals surface area contributed by atoms with Crippen LogP contribution in [0, 0.1) is 16.7 Å². The van der Waals surface area contributed by atoms with E-state index in [0.717, 1.165) is 12.2 Å². The number of amides is 3. The van der Waals surface area contributed by atoms with Crippen LogP contribution in [0.5, 0.6) is 0 Å². The molecule has 3 rings (SSSR count). The van der Waals surface area contributed by atoms with E-state index in [1.165, 1.54) is 0 Å².